The lowest BCUT2D eigenvalue weighted by molar-refractivity contribution is 0.155. The highest BCUT2D eigenvalue weighted by atomic mass is 16.5. The van der Waals surface area contributed by atoms with E-state index in [0.29, 0.717) is 0 Å². The van der Waals surface area contributed by atoms with Gasteiger partial charge in [0.25, 0.3) is 0 Å². The van der Waals surface area contributed by atoms with Crippen LogP contribution in [0.3, 0.4) is 0 Å². The third kappa shape index (κ3) is 2.98. The van der Waals surface area contributed by atoms with Crippen molar-refractivity contribution in [2.75, 3.05) is 0 Å². The summed E-state index contributed by atoms with van der Waals surface area (Å²) in [5.41, 5.74) is 2.43. The molecule has 0 aliphatic heterocycles. The Morgan fingerprint density at radius 3 is 1.46 bits per heavy atom. The minimum Gasteiger partial charge on any atom is -0.473 e. The number of hydrogen-bond donors (Lipinski definition) is 0. The first-order valence-corrected chi connectivity index (χ1v) is 8.57. The van der Waals surface area contributed by atoms with Crippen molar-refractivity contribution in [1.82, 2.24) is 4.98 Å². The van der Waals surface area contributed by atoms with Gasteiger partial charge in [0, 0.05) is 29.0 Å². The Bertz CT molecular complexity index is 842. The van der Waals surface area contributed by atoms with Crippen molar-refractivity contribution in [3.8, 4) is 5.75 Å². The number of hydrogen-bond acceptors (Lipinski definition) is 2. The van der Waals surface area contributed by atoms with Gasteiger partial charge in [0.1, 0.15) is 5.75 Å². The predicted octanol–water partition coefficient (Wildman–Crippen LogP) is 5.25. The van der Waals surface area contributed by atoms with Gasteiger partial charge < -0.3 is 4.74 Å². The van der Waals surface area contributed by atoms with Crippen LogP contribution >= 0.6 is 0 Å². The van der Waals surface area contributed by atoms with Gasteiger partial charge in [0.05, 0.1) is 6.20 Å². The zero-order valence-electron chi connectivity index (χ0n) is 14.2. The standard InChI is InChI=1S/C24H18NO/c1-4-10-20(11-5-1)24(21-12-6-2-7-13-21,22-14-8-3-9-15-22)26-23-16-18-25-19-17-23/h1-18H. The predicted molar refractivity (Wildman–Crippen MR) is 103 cm³/mol. The summed E-state index contributed by atoms with van der Waals surface area (Å²) in [6, 6.07) is 34.5. The number of rotatable bonds is 5. The Kier molecular flexibility index (Phi) is 4.48. The average molecular weight is 336 g/mol. The van der Waals surface area contributed by atoms with Gasteiger partial charge in [-0.2, -0.15) is 0 Å². The summed E-state index contributed by atoms with van der Waals surface area (Å²) in [5, 5.41) is 0. The monoisotopic (exact) mass is 336 g/mol. The summed E-state index contributed by atoms with van der Waals surface area (Å²) in [6.07, 6.45) is 4.56. The molecule has 1 heterocycles. The molecule has 125 valence electrons. The maximum Gasteiger partial charge on any atom is 0.184 e. The van der Waals surface area contributed by atoms with E-state index in [9.17, 15) is 0 Å². The van der Waals surface area contributed by atoms with E-state index in [1.807, 2.05) is 60.7 Å². The normalized spacial score (nSPS) is 11.1. The van der Waals surface area contributed by atoms with Gasteiger partial charge in [0.2, 0.25) is 0 Å². The molecule has 0 atom stereocenters. The smallest absolute Gasteiger partial charge is 0.184 e. The van der Waals surface area contributed by atoms with Crippen molar-refractivity contribution in [1.29, 1.82) is 0 Å². The molecule has 0 aliphatic rings. The zero-order chi connectivity index (χ0) is 17.7. The SMILES string of the molecule is [c]1cc(OC(c2ccccc2)(c2ccccc2)c2ccccc2)ccn1. The molecule has 4 aromatic rings. The highest BCUT2D eigenvalue weighted by molar-refractivity contribution is 5.48. The van der Waals surface area contributed by atoms with E-state index in [1.54, 1.807) is 12.3 Å². The van der Waals surface area contributed by atoms with Crippen LogP contribution in [0, 0.1) is 6.20 Å². The largest absolute Gasteiger partial charge is 0.473 e. The van der Waals surface area contributed by atoms with Crippen LogP contribution in [-0.2, 0) is 5.60 Å². The molecule has 0 saturated carbocycles. The summed E-state index contributed by atoms with van der Waals surface area (Å²) < 4.78 is 6.69. The summed E-state index contributed by atoms with van der Waals surface area (Å²) in [5.74, 6) is 0.719. The number of pyridine rings is 1. The molecule has 3 aromatic carbocycles. The van der Waals surface area contributed by atoms with E-state index in [1.165, 1.54) is 0 Å². The summed E-state index contributed by atoms with van der Waals surface area (Å²) >= 11 is 0. The second-order valence-electron chi connectivity index (χ2n) is 6.00. The van der Waals surface area contributed by atoms with Crippen molar-refractivity contribution >= 4 is 0 Å². The Morgan fingerprint density at radius 2 is 1.08 bits per heavy atom. The molecule has 0 saturated heterocycles. The third-order valence-corrected chi connectivity index (χ3v) is 4.41. The van der Waals surface area contributed by atoms with Crippen LogP contribution < -0.4 is 4.74 Å². The molecule has 26 heavy (non-hydrogen) atoms. The Morgan fingerprint density at radius 1 is 0.615 bits per heavy atom. The lowest BCUT2D eigenvalue weighted by Crippen LogP contribution is -2.36. The number of ether oxygens (including phenoxy) is 1. The van der Waals surface area contributed by atoms with E-state index >= 15 is 0 Å². The van der Waals surface area contributed by atoms with Gasteiger partial charge in [0.15, 0.2) is 5.60 Å². The lowest BCUT2D eigenvalue weighted by atomic mass is 9.80. The molecule has 4 rings (SSSR count). The van der Waals surface area contributed by atoms with Crippen LogP contribution in [0.4, 0.5) is 0 Å². The van der Waals surface area contributed by atoms with Crippen molar-refractivity contribution in [2.24, 2.45) is 0 Å². The van der Waals surface area contributed by atoms with Crippen LogP contribution in [0.1, 0.15) is 16.7 Å². The van der Waals surface area contributed by atoms with Gasteiger partial charge in [-0.05, 0) is 6.07 Å². The lowest BCUT2D eigenvalue weighted by Gasteiger charge is -2.36. The van der Waals surface area contributed by atoms with Gasteiger partial charge >= 0.3 is 0 Å². The van der Waals surface area contributed by atoms with Gasteiger partial charge in [-0.15, -0.1) is 0 Å². The number of nitrogens with zero attached hydrogens (tertiary/aromatic N) is 1. The first-order valence-electron chi connectivity index (χ1n) is 8.57. The molecular formula is C24H18NO. The topological polar surface area (TPSA) is 22.1 Å². The van der Waals surface area contributed by atoms with Crippen molar-refractivity contribution in [2.45, 2.75) is 5.60 Å². The fraction of sp³-hybridized carbons (Fsp3) is 0.0417. The fourth-order valence-corrected chi connectivity index (χ4v) is 3.24. The number of benzene rings is 3. The molecule has 2 heteroatoms. The molecule has 0 fully saturated rings. The van der Waals surface area contributed by atoms with E-state index < -0.39 is 5.60 Å². The van der Waals surface area contributed by atoms with E-state index in [2.05, 4.69) is 47.6 Å². The molecule has 0 bridgehead atoms. The molecule has 1 radical (unpaired) electrons. The molecule has 0 unspecified atom stereocenters. The highest BCUT2D eigenvalue weighted by Gasteiger charge is 2.38. The van der Waals surface area contributed by atoms with Gasteiger partial charge in [-0.3, -0.25) is 4.98 Å². The van der Waals surface area contributed by atoms with Gasteiger partial charge in [-0.25, -0.2) is 0 Å². The minimum atomic E-state index is -0.765. The maximum atomic E-state index is 6.69. The molecule has 1 aromatic heterocycles. The molecule has 0 amide bonds. The molecular weight excluding hydrogens is 318 g/mol. The van der Waals surface area contributed by atoms with Crippen LogP contribution in [0.25, 0.3) is 0 Å². The Labute approximate surface area is 153 Å². The van der Waals surface area contributed by atoms with Crippen LogP contribution in [-0.4, -0.2) is 4.98 Å². The second-order valence-corrected chi connectivity index (χ2v) is 6.00. The van der Waals surface area contributed by atoms with E-state index in [4.69, 9.17) is 4.74 Å². The summed E-state index contributed by atoms with van der Waals surface area (Å²) in [6.45, 7) is 0. The van der Waals surface area contributed by atoms with E-state index in [0.717, 1.165) is 22.4 Å². The summed E-state index contributed by atoms with van der Waals surface area (Å²) in [7, 11) is 0. The molecule has 0 spiro atoms. The van der Waals surface area contributed by atoms with Crippen LogP contribution in [0.15, 0.2) is 109 Å². The zero-order valence-corrected chi connectivity index (χ0v) is 14.2. The summed E-state index contributed by atoms with van der Waals surface area (Å²) in [4.78, 5) is 3.99. The van der Waals surface area contributed by atoms with E-state index in [-0.39, 0.29) is 0 Å². The quantitative estimate of drug-likeness (QED) is 0.464. The third-order valence-electron chi connectivity index (χ3n) is 4.41. The first-order chi connectivity index (χ1) is 12.9. The second kappa shape index (κ2) is 7.24. The first kappa shape index (κ1) is 16.1. The highest BCUT2D eigenvalue weighted by Crippen LogP contribution is 2.40. The molecule has 0 aliphatic carbocycles. The van der Waals surface area contributed by atoms with Crippen molar-refractivity contribution in [3.05, 3.63) is 132 Å². The Balaban J connectivity index is 2.00. The molecule has 2 nitrogen and oxygen atoms in total. The molecule has 0 N–H and O–H groups in total. The van der Waals surface area contributed by atoms with Crippen LogP contribution in [0.5, 0.6) is 5.75 Å². The maximum absolute atomic E-state index is 6.69. The van der Waals surface area contributed by atoms with Crippen molar-refractivity contribution < 1.29 is 4.74 Å². The fourth-order valence-electron chi connectivity index (χ4n) is 3.24. The number of aromatic nitrogens is 1. The minimum absolute atomic E-state index is 0.719. The van der Waals surface area contributed by atoms with Crippen LogP contribution in [0.2, 0.25) is 0 Å². The van der Waals surface area contributed by atoms with Gasteiger partial charge in [-0.1, -0.05) is 91.0 Å². The van der Waals surface area contributed by atoms with Crippen molar-refractivity contribution in [3.63, 3.8) is 0 Å². The average Bonchev–Trinajstić information content (AvgIpc) is 2.75. The Hall–Kier alpha value is -3.39.